The Kier molecular flexibility index (Phi) is 3.23. The Labute approximate surface area is 93.9 Å². The molecule has 0 aliphatic carbocycles. The summed E-state index contributed by atoms with van der Waals surface area (Å²) in [4.78, 5) is 1.33. The van der Waals surface area contributed by atoms with E-state index >= 15 is 0 Å². The van der Waals surface area contributed by atoms with Gasteiger partial charge in [-0.25, -0.2) is 0 Å². The lowest BCUT2D eigenvalue weighted by molar-refractivity contribution is 0.453. The molecule has 3 heteroatoms. The van der Waals surface area contributed by atoms with Gasteiger partial charge in [-0.15, -0.1) is 11.3 Å². The predicted octanol–water partition coefficient (Wildman–Crippen LogP) is 3.35. The first-order valence-electron chi connectivity index (χ1n) is 5.13. The predicted molar refractivity (Wildman–Crippen MR) is 63.3 cm³/mol. The van der Waals surface area contributed by atoms with Gasteiger partial charge in [-0.1, -0.05) is 6.92 Å². The molecule has 2 aromatic heterocycles. The van der Waals surface area contributed by atoms with Crippen molar-refractivity contribution in [2.75, 3.05) is 6.54 Å². The number of nitrogens with one attached hydrogen (secondary N) is 1. The minimum absolute atomic E-state index is 0.190. The SMILES string of the molecule is CCNC(c1csc(C)c1)c1ccco1. The van der Waals surface area contributed by atoms with Gasteiger partial charge < -0.3 is 9.73 Å². The van der Waals surface area contributed by atoms with Crippen molar-refractivity contribution in [3.63, 3.8) is 0 Å². The van der Waals surface area contributed by atoms with Crippen molar-refractivity contribution >= 4 is 11.3 Å². The molecular weight excluding hydrogens is 206 g/mol. The first-order chi connectivity index (χ1) is 7.31. The Bertz CT molecular complexity index is 405. The van der Waals surface area contributed by atoms with Gasteiger partial charge in [-0.3, -0.25) is 0 Å². The van der Waals surface area contributed by atoms with Crippen molar-refractivity contribution in [2.24, 2.45) is 0 Å². The molecule has 0 aliphatic rings. The van der Waals surface area contributed by atoms with E-state index in [9.17, 15) is 0 Å². The number of aryl methyl sites for hydroxylation is 1. The Morgan fingerprint density at radius 2 is 2.40 bits per heavy atom. The highest BCUT2D eigenvalue weighted by molar-refractivity contribution is 7.10. The second kappa shape index (κ2) is 4.64. The zero-order valence-corrected chi connectivity index (χ0v) is 9.80. The highest BCUT2D eigenvalue weighted by Gasteiger charge is 2.16. The van der Waals surface area contributed by atoms with Crippen LogP contribution in [-0.4, -0.2) is 6.54 Å². The number of furan rings is 1. The maximum absolute atomic E-state index is 5.45. The van der Waals surface area contributed by atoms with Crippen LogP contribution in [0.4, 0.5) is 0 Å². The van der Waals surface area contributed by atoms with E-state index in [1.165, 1.54) is 10.4 Å². The summed E-state index contributed by atoms with van der Waals surface area (Å²) in [6.07, 6.45) is 1.72. The summed E-state index contributed by atoms with van der Waals surface area (Å²) in [6.45, 7) is 5.16. The fraction of sp³-hybridized carbons (Fsp3) is 0.333. The van der Waals surface area contributed by atoms with Crippen LogP contribution in [0.25, 0.3) is 0 Å². The summed E-state index contributed by atoms with van der Waals surface area (Å²) in [7, 11) is 0. The summed E-state index contributed by atoms with van der Waals surface area (Å²) < 4.78 is 5.45. The molecule has 2 rings (SSSR count). The Morgan fingerprint density at radius 3 is 2.93 bits per heavy atom. The number of hydrogen-bond acceptors (Lipinski definition) is 3. The lowest BCUT2D eigenvalue weighted by atomic mass is 10.1. The first kappa shape index (κ1) is 10.5. The smallest absolute Gasteiger partial charge is 0.125 e. The van der Waals surface area contributed by atoms with Gasteiger partial charge in [0.1, 0.15) is 5.76 Å². The Morgan fingerprint density at radius 1 is 1.53 bits per heavy atom. The van der Waals surface area contributed by atoms with E-state index in [1.807, 2.05) is 12.1 Å². The molecule has 0 bridgehead atoms. The quantitative estimate of drug-likeness (QED) is 0.856. The molecule has 0 aliphatic heterocycles. The van der Waals surface area contributed by atoms with Crippen LogP contribution in [0.1, 0.15) is 29.2 Å². The molecule has 1 unspecified atom stereocenters. The van der Waals surface area contributed by atoms with Gasteiger partial charge in [0.25, 0.3) is 0 Å². The van der Waals surface area contributed by atoms with Crippen molar-refractivity contribution in [1.29, 1.82) is 0 Å². The normalized spacial score (nSPS) is 12.9. The molecule has 2 aromatic rings. The van der Waals surface area contributed by atoms with Crippen LogP contribution in [0.15, 0.2) is 34.3 Å². The summed E-state index contributed by atoms with van der Waals surface area (Å²) in [6, 6.07) is 6.34. The summed E-state index contributed by atoms with van der Waals surface area (Å²) >= 11 is 1.77. The third-order valence-corrected chi connectivity index (χ3v) is 3.20. The maximum atomic E-state index is 5.45. The van der Waals surface area contributed by atoms with Gasteiger partial charge in [0, 0.05) is 4.88 Å². The van der Waals surface area contributed by atoms with E-state index in [0.717, 1.165) is 12.3 Å². The average molecular weight is 221 g/mol. The van der Waals surface area contributed by atoms with Crippen LogP contribution in [0.3, 0.4) is 0 Å². The van der Waals surface area contributed by atoms with E-state index < -0.39 is 0 Å². The fourth-order valence-electron chi connectivity index (χ4n) is 1.66. The molecule has 0 radical (unpaired) electrons. The second-order valence-corrected chi connectivity index (χ2v) is 4.61. The van der Waals surface area contributed by atoms with E-state index in [2.05, 4.69) is 30.6 Å². The molecule has 0 spiro atoms. The van der Waals surface area contributed by atoms with E-state index in [1.54, 1.807) is 17.6 Å². The number of thiophene rings is 1. The van der Waals surface area contributed by atoms with Crippen molar-refractivity contribution in [2.45, 2.75) is 19.9 Å². The first-order valence-corrected chi connectivity index (χ1v) is 6.01. The molecule has 2 heterocycles. The van der Waals surface area contributed by atoms with Crippen LogP contribution in [-0.2, 0) is 0 Å². The highest BCUT2D eigenvalue weighted by atomic mass is 32.1. The fourth-order valence-corrected chi connectivity index (χ4v) is 2.39. The zero-order valence-electron chi connectivity index (χ0n) is 8.99. The summed E-state index contributed by atoms with van der Waals surface area (Å²) in [5.74, 6) is 0.981. The average Bonchev–Trinajstić information content (AvgIpc) is 2.85. The van der Waals surface area contributed by atoms with Crippen molar-refractivity contribution in [1.82, 2.24) is 5.32 Å². The van der Waals surface area contributed by atoms with Gasteiger partial charge in [0.05, 0.1) is 12.3 Å². The van der Waals surface area contributed by atoms with Gasteiger partial charge in [0.2, 0.25) is 0 Å². The monoisotopic (exact) mass is 221 g/mol. The number of rotatable bonds is 4. The van der Waals surface area contributed by atoms with Crippen LogP contribution in [0.5, 0.6) is 0 Å². The van der Waals surface area contributed by atoms with E-state index in [0.29, 0.717) is 0 Å². The third kappa shape index (κ3) is 2.30. The van der Waals surface area contributed by atoms with Gasteiger partial charge in [-0.05, 0) is 42.6 Å². The molecule has 2 nitrogen and oxygen atoms in total. The van der Waals surface area contributed by atoms with Crippen LogP contribution in [0, 0.1) is 6.92 Å². The molecule has 0 saturated heterocycles. The van der Waals surface area contributed by atoms with Gasteiger partial charge in [-0.2, -0.15) is 0 Å². The lowest BCUT2D eigenvalue weighted by Gasteiger charge is -2.13. The van der Waals surface area contributed by atoms with Crippen molar-refractivity contribution in [3.8, 4) is 0 Å². The van der Waals surface area contributed by atoms with Crippen LogP contribution >= 0.6 is 11.3 Å². The second-order valence-electron chi connectivity index (χ2n) is 3.50. The van der Waals surface area contributed by atoms with Gasteiger partial charge >= 0.3 is 0 Å². The molecular formula is C12H15NOS. The highest BCUT2D eigenvalue weighted by Crippen LogP contribution is 2.26. The summed E-state index contributed by atoms with van der Waals surface area (Å²) in [5.41, 5.74) is 1.29. The maximum Gasteiger partial charge on any atom is 0.125 e. The molecule has 0 aromatic carbocycles. The van der Waals surface area contributed by atoms with E-state index in [4.69, 9.17) is 4.42 Å². The Hall–Kier alpha value is -1.06. The third-order valence-electron chi connectivity index (χ3n) is 2.32. The topological polar surface area (TPSA) is 25.2 Å². The Balaban J connectivity index is 2.27. The molecule has 0 saturated carbocycles. The molecule has 0 amide bonds. The standard InChI is InChI=1S/C12H15NOS/c1-3-13-12(11-5-4-6-14-11)10-7-9(2)15-8-10/h4-8,12-13H,3H2,1-2H3. The summed E-state index contributed by atoms with van der Waals surface area (Å²) in [5, 5.41) is 5.61. The van der Waals surface area contributed by atoms with Crippen molar-refractivity contribution in [3.05, 3.63) is 46.0 Å². The molecule has 80 valence electrons. The van der Waals surface area contributed by atoms with Crippen LogP contribution < -0.4 is 5.32 Å². The molecule has 1 atom stereocenters. The molecule has 1 N–H and O–H groups in total. The minimum Gasteiger partial charge on any atom is -0.467 e. The minimum atomic E-state index is 0.190. The van der Waals surface area contributed by atoms with E-state index in [-0.39, 0.29) is 6.04 Å². The van der Waals surface area contributed by atoms with Crippen molar-refractivity contribution < 1.29 is 4.42 Å². The molecule has 15 heavy (non-hydrogen) atoms. The number of hydrogen-bond donors (Lipinski definition) is 1. The lowest BCUT2D eigenvalue weighted by Crippen LogP contribution is -2.20. The largest absolute Gasteiger partial charge is 0.467 e. The van der Waals surface area contributed by atoms with Crippen LogP contribution in [0.2, 0.25) is 0 Å². The molecule has 0 fully saturated rings. The zero-order chi connectivity index (χ0) is 10.7. The van der Waals surface area contributed by atoms with Gasteiger partial charge in [0.15, 0.2) is 0 Å².